The summed E-state index contributed by atoms with van der Waals surface area (Å²) in [5, 5.41) is 1.67. The smallest absolute Gasteiger partial charge is 0.225 e. The summed E-state index contributed by atoms with van der Waals surface area (Å²) < 4.78 is 0. The highest BCUT2D eigenvalue weighted by Crippen LogP contribution is 1.43. The van der Waals surface area contributed by atoms with Crippen LogP contribution in [0.3, 0.4) is 0 Å². The van der Waals surface area contributed by atoms with Crippen LogP contribution in [0.5, 0.6) is 0 Å². The molecule has 0 aliphatic rings. The molecular formula is CHB2NO. The molecular weight excluding hydrogens is 63.6 g/mol. The van der Waals surface area contributed by atoms with E-state index in [4.69, 9.17) is 0 Å². The summed E-state index contributed by atoms with van der Waals surface area (Å²) in [6.07, 6.45) is 0. The van der Waals surface area contributed by atoms with E-state index in [1.54, 1.807) is 5.23 Å². The summed E-state index contributed by atoms with van der Waals surface area (Å²) in [5.41, 5.74) is 0. The van der Waals surface area contributed by atoms with E-state index in [9.17, 15) is 4.79 Å². The first-order valence-corrected chi connectivity index (χ1v) is 1.03. The first-order valence-electron chi connectivity index (χ1n) is 1.03. The molecule has 1 amide bonds. The van der Waals surface area contributed by atoms with E-state index in [0.29, 0.717) is 0 Å². The van der Waals surface area contributed by atoms with Crippen LogP contribution in [0.1, 0.15) is 0 Å². The van der Waals surface area contributed by atoms with Gasteiger partial charge in [0.1, 0.15) is 5.81 Å². The monoisotopic (exact) mass is 65.0 g/mol. The highest BCUT2D eigenvalue weighted by molar-refractivity contribution is 6.59. The average molecular weight is 64.6 g/mol. The number of hydrogen-bond donors (Lipinski definition) is 1. The number of carbonyl (C=O) groups is 1. The van der Waals surface area contributed by atoms with Crippen molar-refractivity contribution in [2.75, 3.05) is 0 Å². The molecule has 0 unspecified atom stereocenters. The standard InChI is InChI=1S/CHB2NO/c2-1(5)4-3/h(H,4,5). The number of amides is 1. The van der Waals surface area contributed by atoms with Crippen molar-refractivity contribution in [2.24, 2.45) is 0 Å². The summed E-state index contributed by atoms with van der Waals surface area (Å²) in [7, 11) is 8.86. The quantitative estimate of drug-likeness (QED) is 0.358. The second kappa shape index (κ2) is 1.88. The van der Waals surface area contributed by atoms with Crippen molar-refractivity contribution in [2.45, 2.75) is 0 Å². The molecule has 0 aromatic carbocycles. The zero-order valence-electron chi connectivity index (χ0n) is 2.56. The van der Waals surface area contributed by atoms with Gasteiger partial charge in [0.15, 0.2) is 7.85 Å². The fourth-order valence-corrected chi connectivity index (χ4v) is 0. The Balaban J connectivity index is 2.85. The molecule has 1 N–H and O–H groups in total. The van der Waals surface area contributed by atoms with Crippen molar-refractivity contribution in [3.8, 4) is 0 Å². The van der Waals surface area contributed by atoms with Crippen LogP contribution in [0.4, 0.5) is 4.79 Å². The van der Waals surface area contributed by atoms with Crippen LogP contribution in [-0.4, -0.2) is 21.6 Å². The van der Waals surface area contributed by atoms with Gasteiger partial charge in [0.25, 0.3) is 0 Å². The molecule has 4 heteroatoms. The molecule has 0 rings (SSSR count). The van der Waals surface area contributed by atoms with Crippen LogP contribution >= 0.6 is 0 Å². The highest BCUT2D eigenvalue weighted by Gasteiger charge is 1.73. The van der Waals surface area contributed by atoms with E-state index in [1.807, 2.05) is 0 Å². The summed E-state index contributed by atoms with van der Waals surface area (Å²) in [6.45, 7) is 0. The van der Waals surface area contributed by atoms with Crippen molar-refractivity contribution in [3.63, 3.8) is 0 Å². The Morgan fingerprint density at radius 1 is 1.80 bits per heavy atom. The van der Waals surface area contributed by atoms with Gasteiger partial charge >= 0.3 is 0 Å². The Morgan fingerprint density at radius 3 is 2.00 bits per heavy atom. The Hall–Kier alpha value is -0.400. The molecule has 0 aromatic heterocycles. The molecule has 4 radical (unpaired) electrons. The topological polar surface area (TPSA) is 29.1 Å². The van der Waals surface area contributed by atoms with Gasteiger partial charge in [-0.05, 0) is 0 Å². The van der Waals surface area contributed by atoms with Gasteiger partial charge in [-0.3, -0.25) is 4.79 Å². The fraction of sp³-hybridized carbons (Fsp3) is 0. The zero-order valence-corrected chi connectivity index (χ0v) is 2.56. The van der Waals surface area contributed by atoms with Crippen LogP contribution in [0.15, 0.2) is 0 Å². The lowest BCUT2D eigenvalue weighted by Crippen LogP contribution is -2.16. The molecule has 0 spiro atoms. The van der Waals surface area contributed by atoms with E-state index < -0.39 is 5.81 Å². The Morgan fingerprint density at radius 2 is 2.00 bits per heavy atom. The predicted molar refractivity (Wildman–Crippen MR) is 20.0 cm³/mol. The lowest BCUT2D eigenvalue weighted by molar-refractivity contribution is 0.264. The van der Waals surface area contributed by atoms with Crippen LogP contribution in [0, 0.1) is 0 Å². The maximum atomic E-state index is 9.35. The maximum Gasteiger partial charge on any atom is 0.225 e. The van der Waals surface area contributed by atoms with Crippen molar-refractivity contribution >= 4 is 21.6 Å². The van der Waals surface area contributed by atoms with Crippen LogP contribution < -0.4 is 5.23 Å². The van der Waals surface area contributed by atoms with Gasteiger partial charge < -0.3 is 5.23 Å². The van der Waals surface area contributed by atoms with Crippen LogP contribution in [-0.2, 0) is 0 Å². The summed E-state index contributed by atoms with van der Waals surface area (Å²) in [4.78, 5) is 9.35. The first-order chi connectivity index (χ1) is 2.27. The van der Waals surface area contributed by atoms with Crippen molar-refractivity contribution in [1.29, 1.82) is 0 Å². The summed E-state index contributed by atoms with van der Waals surface area (Å²) in [6, 6.07) is 0. The molecule has 0 bridgehead atoms. The number of carbonyl (C=O) groups excluding carboxylic acids is 1. The van der Waals surface area contributed by atoms with Gasteiger partial charge in [0.05, 0.1) is 0 Å². The van der Waals surface area contributed by atoms with Gasteiger partial charge in [0, 0.05) is 0 Å². The summed E-state index contributed by atoms with van der Waals surface area (Å²) in [5.74, 6) is -0.718. The molecule has 0 aliphatic carbocycles. The third kappa shape index (κ3) is 3.60. The van der Waals surface area contributed by atoms with Crippen LogP contribution in [0.2, 0.25) is 0 Å². The number of nitrogens with one attached hydrogen (secondary N) is 1. The summed E-state index contributed by atoms with van der Waals surface area (Å²) >= 11 is 0. The van der Waals surface area contributed by atoms with E-state index in [-0.39, 0.29) is 0 Å². The zero-order chi connectivity index (χ0) is 4.28. The maximum absolute atomic E-state index is 9.35. The van der Waals surface area contributed by atoms with E-state index in [0.717, 1.165) is 0 Å². The van der Waals surface area contributed by atoms with Gasteiger partial charge in [-0.15, -0.1) is 0 Å². The second-order valence-corrected chi connectivity index (χ2v) is 0.509. The molecule has 5 heavy (non-hydrogen) atoms. The molecule has 0 saturated carbocycles. The van der Waals surface area contributed by atoms with Gasteiger partial charge in [-0.1, -0.05) is 0 Å². The third-order valence-corrected chi connectivity index (χ3v) is 0.142. The van der Waals surface area contributed by atoms with Gasteiger partial charge in [-0.2, -0.15) is 0 Å². The van der Waals surface area contributed by atoms with Gasteiger partial charge in [-0.25, -0.2) is 0 Å². The largest absolute Gasteiger partial charge is 0.419 e. The van der Waals surface area contributed by atoms with Crippen molar-refractivity contribution in [1.82, 2.24) is 5.23 Å². The SMILES string of the molecule is [B]NC([B])=O. The number of rotatable bonds is 0. The molecule has 0 heterocycles. The highest BCUT2D eigenvalue weighted by atomic mass is 16.1. The normalized spacial score (nSPS) is 6.40. The Labute approximate surface area is 32.8 Å². The molecule has 22 valence electrons. The van der Waals surface area contributed by atoms with E-state index >= 15 is 0 Å². The third-order valence-electron chi connectivity index (χ3n) is 0.142. The minimum atomic E-state index is -0.718. The minimum Gasteiger partial charge on any atom is -0.419 e. The molecule has 0 saturated heterocycles. The molecule has 2 nitrogen and oxygen atoms in total. The van der Waals surface area contributed by atoms with Crippen molar-refractivity contribution < 1.29 is 4.79 Å². The van der Waals surface area contributed by atoms with Crippen LogP contribution in [0.25, 0.3) is 0 Å². The van der Waals surface area contributed by atoms with Gasteiger partial charge in [0.2, 0.25) is 7.98 Å². The first kappa shape index (κ1) is 4.60. The van der Waals surface area contributed by atoms with E-state index in [1.165, 1.54) is 0 Å². The lowest BCUT2D eigenvalue weighted by atomic mass is 10.1. The second-order valence-electron chi connectivity index (χ2n) is 0.509. The fourth-order valence-electron chi connectivity index (χ4n) is 0. The minimum absolute atomic E-state index is 0.718. The Bertz CT molecular complexity index is 44.9. The molecule has 0 aliphatic heterocycles. The molecule has 0 atom stereocenters. The van der Waals surface area contributed by atoms with E-state index in [2.05, 4.69) is 15.8 Å². The average Bonchev–Trinajstić information content (AvgIpc) is 1.38. The van der Waals surface area contributed by atoms with Crippen molar-refractivity contribution in [3.05, 3.63) is 0 Å². The predicted octanol–water partition coefficient (Wildman–Crippen LogP) is -1.05. The molecule has 0 fully saturated rings. The lowest BCUT2D eigenvalue weighted by Gasteiger charge is -1.80. The molecule has 0 aromatic rings. The Kier molecular flexibility index (Phi) is 1.73. The number of hydrogen-bond acceptors (Lipinski definition) is 1.